The minimum Gasteiger partial charge on any atom is -0.369 e. The molecule has 0 radical (unpaired) electrons. The van der Waals surface area contributed by atoms with Gasteiger partial charge in [0.2, 0.25) is 0 Å². The van der Waals surface area contributed by atoms with Gasteiger partial charge in [-0.25, -0.2) is 14.6 Å². The lowest BCUT2D eigenvalue weighted by atomic mass is 9.87. The van der Waals surface area contributed by atoms with Crippen LogP contribution in [0.3, 0.4) is 0 Å². The molecule has 0 aliphatic rings. The van der Waals surface area contributed by atoms with Crippen LogP contribution in [0.1, 0.15) is 42.3 Å². The second-order valence-corrected chi connectivity index (χ2v) is 9.07. The van der Waals surface area contributed by atoms with E-state index in [9.17, 15) is 4.79 Å². The zero-order valence-electron chi connectivity index (χ0n) is 19.4. The van der Waals surface area contributed by atoms with E-state index in [0.29, 0.717) is 18.7 Å². The fourth-order valence-corrected chi connectivity index (χ4v) is 3.67. The predicted octanol–water partition coefficient (Wildman–Crippen LogP) is 4.21. The molecule has 0 fully saturated rings. The van der Waals surface area contributed by atoms with E-state index in [4.69, 9.17) is 0 Å². The first-order valence-electron chi connectivity index (χ1n) is 11.2. The van der Waals surface area contributed by atoms with E-state index >= 15 is 0 Å². The van der Waals surface area contributed by atoms with Gasteiger partial charge in [0, 0.05) is 18.7 Å². The summed E-state index contributed by atoms with van der Waals surface area (Å²) in [6.45, 7) is 8.22. The molecule has 1 amide bonds. The van der Waals surface area contributed by atoms with Crippen molar-refractivity contribution in [3.05, 3.63) is 83.8 Å². The van der Waals surface area contributed by atoms with Crippen LogP contribution in [0.25, 0.3) is 11.0 Å². The number of benzene rings is 2. The molecule has 2 aromatic heterocycles. The lowest BCUT2D eigenvalue weighted by Gasteiger charge is -2.19. The number of rotatable bonds is 8. The van der Waals surface area contributed by atoms with Crippen LogP contribution in [0.4, 0.5) is 5.82 Å². The van der Waals surface area contributed by atoms with Crippen LogP contribution in [0.2, 0.25) is 0 Å². The van der Waals surface area contributed by atoms with Gasteiger partial charge in [-0.1, -0.05) is 63.2 Å². The maximum atomic E-state index is 12.5. The molecule has 2 heterocycles. The topological polar surface area (TPSA) is 84.7 Å². The first-order valence-corrected chi connectivity index (χ1v) is 11.2. The Hall–Kier alpha value is -3.74. The molecule has 2 N–H and O–H groups in total. The van der Waals surface area contributed by atoms with E-state index in [1.165, 1.54) is 11.1 Å². The lowest BCUT2D eigenvalue weighted by Crippen LogP contribution is -2.27. The zero-order chi connectivity index (χ0) is 23.3. The second-order valence-electron chi connectivity index (χ2n) is 9.07. The van der Waals surface area contributed by atoms with Crippen molar-refractivity contribution in [2.45, 2.75) is 39.2 Å². The standard InChI is InChI=1S/C26H30N6O/c1-26(2,3)21-11-9-20(10-12-21)25(33)28-15-16-32-24-22(17-31-32)23(29-18-30-24)27-14-13-19-7-5-4-6-8-19/h4-12,17-18H,13-16H2,1-3H3,(H,28,33)(H,27,29,30). The van der Waals surface area contributed by atoms with E-state index < -0.39 is 0 Å². The van der Waals surface area contributed by atoms with Crippen molar-refractivity contribution in [2.24, 2.45) is 0 Å². The molecule has 4 aromatic rings. The van der Waals surface area contributed by atoms with Crippen LogP contribution in [0.5, 0.6) is 0 Å². The van der Waals surface area contributed by atoms with Gasteiger partial charge in [0.25, 0.3) is 5.91 Å². The molecule has 0 aliphatic heterocycles. The maximum absolute atomic E-state index is 12.5. The lowest BCUT2D eigenvalue weighted by molar-refractivity contribution is 0.0952. The Labute approximate surface area is 194 Å². The van der Waals surface area contributed by atoms with E-state index in [-0.39, 0.29) is 11.3 Å². The summed E-state index contributed by atoms with van der Waals surface area (Å²) >= 11 is 0. The molecule has 0 saturated heterocycles. The van der Waals surface area contributed by atoms with Crippen molar-refractivity contribution in [1.29, 1.82) is 0 Å². The maximum Gasteiger partial charge on any atom is 0.251 e. The van der Waals surface area contributed by atoms with Crippen molar-refractivity contribution in [2.75, 3.05) is 18.4 Å². The average molecular weight is 443 g/mol. The van der Waals surface area contributed by atoms with Gasteiger partial charge in [-0.15, -0.1) is 0 Å². The molecule has 0 unspecified atom stereocenters. The third-order valence-electron chi connectivity index (χ3n) is 5.60. The molecule has 4 rings (SSSR count). The first kappa shape index (κ1) is 22.5. The Balaban J connectivity index is 1.33. The molecule has 33 heavy (non-hydrogen) atoms. The van der Waals surface area contributed by atoms with Crippen LogP contribution in [0.15, 0.2) is 67.1 Å². The van der Waals surface area contributed by atoms with E-state index in [2.05, 4.69) is 58.6 Å². The zero-order valence-corrected chi connectivity index (χ0v) is 19.4. The highest BCUT2D eigenvalue weighted by atomic mass is 16.1. The van der Waals surface area contributed by atoms with Gasteiger partial charge < -0.3 is 10.6 Å². The summed E-state index contributed by atoms with van der Waals surface area (Å²) < 4.78 is 1.79. The molecular weight excluding hydrogens is 412 g/mol. The summed E-state index contributed by atoms with van der Waals surface area (Å²) in [6, 6.07) is 18.1. The summed E-state index contributed by atoms with van der Waals surface area (Å²) in [5.74, 6) is 0.676. The van der Waals surface area contributed by atoms with Gasteiger partial charge in [-0.05, 0) is 35.1 Å². The number of nitrogens with one attached hydrogen (secondary N) is 2. The number of hydrogen-bond acceptors (Lipinski definition) is 5. The molecule has 0 bridgehead atoms. The summed E-state index contributed by atoms with van der Waals surface area (Å²) in [7, 11) is 0. The minimum absolute atomic E-state index is 0.0628. The van der Waals surface area contributed by atoms with Crippen molar-refractivity contribution >= 4 is 22.8 Å². The summed E-state index contributed by atoms with van der Waals surface area (Å²) in [6.07, 6.45) is 4.22. The number of anilines is 1. The van der Waals surface area contributed by atoms with Gasteiger partial charge >= 0.3 is 0 Å². The summed E-state index contributed by atoms with van der Waals surface area (Å²) in [5, 5.41) is 11.7. The highest BCUT2D eigenvalue weighted by Gasteiger charge is 2.14. The minimum atomic E-state index is -0.0928. The molecule has 7 heteroatoms. The fraction of sp³-hybridized carbons (Fsp3) is 0.308. The van der Waals surface area contributed by atoms with Crippen molar-refractivity contribution in [3.63, 3.8) is 0 Å². The van der Waals surface area contributed by atoms with Crippen molar-refractivity contribution in [3.8, 4) is 0 Å². The van der Waals surface area contributed by atoms with Crippen molar-refractivity contribution < 1.29 is 4.79 Å². The Morgan fingerprint density at radius 3 is 2.45 bits per heavy atom. The largest absolute Gasteiger partial charge is 0.369 e. The summed E-state index contributed by atoms with van der Waals surface area (Å²) in [5.41, 5.74) is 3.94. The van der Waals surface area contributed by atoms with Gasteiger partial charge in [0.1, 0.15) is 12.1 Å². The second kappa shape index (κ2) is 9.81. The SMILES string of the molecule is CC(C)(C)c1ccc(C(=O)NCCn2ncc3c(NCCc4ccccc4)ncnc32)cc1. The number of hydrogen-bond donors (Lipinski definition) is 2. The third-order valence-corrected chi connectivity index (χ3v) is 5.60. The van der Waals surface area contributed by atoms with Gasteiger partial charge in [0.15, 0.2) is 5.65 Å². The molecular formula is C26H30N6O. The number of nitrogens with zero attached hydrogens (tertiary/aromatic N) is 4. The Morgan fingerprint density at radius 2 is 1.73 bits per heavy atom. The molecule has 7 nitrogen and oxygen atoms in total. The monoisotopic (exact) mass is 442 g/mol. The molecule has 0 saturated carbocycles. The number of fused-ring (bicyclic) bond motifs is 1. The summed E-state index contributed by atoms with van der Waals surface area (Å²) in [4.78, 5) is 21.3. The number of aromatic nitrogens is 4. The Morgan fingerprint density at radius 1 is 0.970 bits per heavy atom. The van der Waals surface area contributed by atoms with Crippen molar-refractivity contribution in [1.82, 2.24) is 25.1 Å². The van der Waals surface area contributed by atoms with Crippen LogP contribution < -0.4 is 10.6 Å². The van der Waals surface area contributed by atoms with E-state index in [0.717, 1.165) is 29.8 Å². The average Bonchev–Trinajstić information content (AvgIpc) is 3.23. The highest BCUT2D eigenvalue weighted by molar-refractivity contribution is 5.94. The van der Waals surface area contributed by atoms with Crippen LogP contribution in [-0.2, 0) is 18.4 Å². The quantitative estimate of drug-likeness (QED) is 0.427. The Kier molecular flexibility index (Phi) is 6.68. The number of carbonyl (C=O) groups excluding carboxylic acids is 1. The van der Waals surface area contributed by atoms with E-state index in [1.807, 2.05) is 42.5 Å². The smallest absolute Gasteiger partial charge is 0.251 e. The van der Waals surface area contributed by atoms with Gasteiger partial charge in [-0.2, -0.15) is 5.10 Å². The number of amides is 1. The highest BCUT2D eigenvalue weighted by Crippen LogP contribution is 2.22. The van der Waals surface area contributed by atoms with Crippen LogP contribution >= 0.6 is 0 Å². The molecule has 170 valence electrons. The van der Waals surface area contributed by atoms with Gasteiger partial charge in [0.05, 0.1) is 18.1 Å². The van der Waals surface area contributed by atoms with Gasteiger partial charge in [-0.3, -0.25) is 4.79 Å². The van der Waals surface area contributed by atoms with E-state index in [1.54, 1.807) is 17.2 Å². The first-order chi connectivity index (χ1) is 15.9. The number of carbonyl (C=O) groups is 1. The molecule has 2 aromatic carbocycles. The molecule has 0 spiro atoms. The molecule has 0 aliphatic carbocycles. The normalized spacial score (nSPS) is 11.5. The Bertz CT molecular complexity index is 1210. The fourth-order valence-electron chi connectivity index (χ4n) is 3.67. The van der Waals surface area contributed by atoms with Crippen LogP contribution in [-0.4, -0.2) is 38.7 Å². The predicted molar refractivity (Wildman–Crippen MR) is 131 cm³/mol. The molecule has 0 atom stereocenters. The van der Waals surface area contributed by atoms with Crippen LogP contribution in [0, 0.1) is 0 Å². The third kappa shape index (κ3) is 5.55.